The Balaban J connectivity index is 1.98. The number of aliphatic hydroxyl groups is 1. The van der Waals surface area contributed by atoms with Gasteiger partial charge in [-0.1, -0.05) is 12.1 Å². The van der Waals surface area contributed by atoms with E-state index in [1.807, 2.05) is 0 Å². The summed E-state index contributed by atoms with van der Waals surface area (Å²) in [6.07, 6.45) is -11.7. The molecule has 0 radical (unpaired) electrons. The van der Waals surface area contributed by atoms with Crippen molar-refractivity contribution in [3.05, 3.63) is 83.3 Å². The topological polar surface area (TPSA) is 63.6 Å². The van der Waals surface area contributed by atoms with Gasteiger partial charge >= 0.3 is 19.0 Å². The summed E-state index contributed by atoms with van der Waals surface area (Å²) in [6.45, 7) is -4.33. The van der Waals surface area contributed by atoms with Gasteiger partial charge in [-0.2, -0.15) is 35.1 Å². The monoisotopic (exact) mass is 540 g/mol. The third kappa shape index (κ3) is 7.73. The summed E-state index contributed by atoms with van der Waals surface area (Å²) in [7, 11) is 0. The molecule has 0 spiro atoms. The number of ether oxygens (including phenoxy) is 2. The van der Waals surface area contributed by atoms with E-state index in [4.69, 9.17) is 4.74 Å². The van der Waals surface area contributed by atoms with Crippen molar-refractivity contribution in [3.63, 3.8) is 0 Å². The molecule has 0 bridgehead atoms. The van der Waals surface area contributed by atoms with Gasteiger partial charge in [0.15, 0.2) is 6.10 Å². The normalized spacial score (nSPS) is 13.9. The summed E-state index contributed by atoms with van der Waals surface area (Å²) < 4.78 is 127. The lowest BCUT2D eigenvalue weighted by atomic mass is 9.95. The lowest BCUT2D eigenvalue weighted by Crippen LogP contribution is -2.40. The number of aromatic nitrogens is 1. The van der Waals surface area contributed by atoms with E-state index in [-0.39, 0.29) is 17.1 Å². The molecule has 2 N–H and O–H groups in total. The molecule has 37 heavy (non-hydrogen) atoms. The second kappa shape index (κ2) is 11.3. The van der Waals surface area contributed by atoms with Crippen LogP contribution in [0.15, 0.2) is 60.8 Å². The van der Waals surface area contributed by atoms with E-state index in [2.05, 4.69) is 15.0 Å². The molecular weight excluding hydrogens is 523 g/mol. The summed E-state index contributed by atoms with van der Waals surface area (Å²) in [4.78, 5) is 3.56. The van der Waals surface area contributed by atoms with Crippen molar-refractivity contribution in [2.45, 2.75) is 31.1 Å². The molecule has 0 aliphatic heterocycles. The maximum atomic E-state index is 14.6. The van der Waals surface area contributed by atoms with Gasteiger partial charge in [-0.3, -0.25) is 0 Å². The Morgan fingerprint density at radius 1 is 0.919 bits per heavy atom. The third-order valence-electron chi connectivity index (χ3n) is 4.87. The quantitative estimate of drug-likeness (QED) is 0.315. The fourth-order valence-corrected chi connectivity index (χ4v) is 3.20. The summed E-state index contributed by atoms with van der Waals surface area (Å²) in [5, 5.41) is 11.6. The average molecular weight is 540 g/mol. The number of pyridine rings is 1. The molecule has 200 valence electrons. The van der Waals surface area contributed by atoms with E-state index in [0.29, 0.717) is 18.2 Å². The Bertz CT molecular complexity index is 1200. The minimum atomic E-state index is -5.05. The highest BCUT2D eigenvalue weighted by Gasteiger charge is 2.39. The van der Waals surface area contributed by atoms with Gasteiger partial charge in [0.1, 0.15) is 17.3 Å². The molecule has 0 fully saturated rings. The van der Waals surface area contributed by atoms with Crippen molar-refractivity contribution in [3.8, 4) is 17.4 Å². The van der Waals surface area contributed by atoms with Gasteiger partial charge in [-0.15, -0.1) is 0 Å². The fourth-order valence-electron chi connectivity index (χ4n) is 3.20. The van der Waals surface area contributed by atoms with E-state index in [9.17, 15) is 44.6 Å². The van der Waals surface area contributed by atoms with E-state index in [1.165, 1.54) is 30.3 Å². The summed E-state index contributed by atoms with van der Waals surface area (Å²) in [6, 6.07) is 7.28. The van der Waals surface area contributed by atoms with Gasteiger partial charge in [0, 0.05) is 24.4 Å². The first-order valence-electron chi connectivity index (χ1n) is 10.3. The van der Waals surface area contributed by atoms with Gasteiger partial charge in [0.05, 0.1) is 11.6 Å². The Hall–Kier alpha value is -3.52. The molecule has 0 aliphatic carbocycles. The zero-order chi connectivity index (χ0) is 27.4. The number of rotatable bonds is 9. The van der Waals surface area contributed by atoms with Crippen LogP contribution in [0.25, 0.3) is 0 Å². The molecular formula is C23H17F9N2O3. The van der Waals surface area contributed by atoms with E-state index < -0.39 is 60.5 Å². The minimum absolute atomic E-state index is 0.0248. The molecule has 0 saturated heterocycles. The van der Waals surface area contributed by atoms with Crippen molar-refractivity contribution in [2.24, 2.45) is 0 Å². The number of benzene rings is 2. The van der Waals surface area contributed by atoms with Gasteiger partial charge in [0.25, 0.3) is 0 Å². The first kappa shape index (κ1) is 28.1. The van der Waals surface area contributed by atoms with Gasteiger partial charge in [0.2, 0.25) is 5.88 Å². The SMILES string of the molecule is OC(CNC(c1cccc(Oc2ccnc(OC(F)F)c2)c1)c1cc(C(F)(F)F)ccc1F)C(F)(F)F. The van der Waals surface area contributed by atoms with Crippen LogP contribution in [0, 0.1) is 5.82 Å². The molecule has 0 saturated carbocycles. The van der Waals surface area contributed by atoms with E-state index >= 15 is 0 Å². The molecule has 3 rings (SSSR count). The van der Waals surface area contributed by atoms with Crippen LogP contribution in [0.3, 0.4) is 0 Å². The Morgan fingerprint density at radius 3 is 2.27 bits per heavy atom. The Labute approximate surface area is 203 Å². The van der Waals surface area contributed by atoms with Crippen LogP contribution in [0.1, 0.15) is 22.7 Å². The third-order valence-corrected chi connectivity index (χ3v) is 4.87. The second-order valence-corrected chi connectivity index (χ2v) is 7.52. The molecule has 3 aromatic rings. The van der Waals surface area contributed by atoms with Crippen LogP contribution >= 0.6 is 0 Å². The highest BCUT2D eigenvalue weighted by atomic mass is 19.4. The van der Waals surface area contributed by atoms with E-state index in [1.54, 1.807) is 0 Å². The predicted octanol–water partition coefficient (Wildman–Crippen LogP) is 6.24. The number of alkyl halides is 8. The van der Waals surface area contributed by atoms with Crippen LogP contribution in [-0.2, 0) is 6.18 Å². The number of aliphatic hydroxyl groups excluding tert-OH is 1. The maximum absolute atomic E-state index is 14.6. The van der Waals surface area contributed by atoms with Gasteiger partial charge in [-0.05, 0) is 42.0 Å². The van der Waals surface area contributed by atoms with Crippen LogP contribution < -0.4 is 14.8 Å². The Morgan fingerprint density at radius 2 is 1.62 bits per heavy atom. The van der Waals surface area contributed by atoms with E-state index in [0.717, 1.165) is 12.3 Å². The molecule has 2 atom stereocenters. The minimum Gasteiger partial charge on any atom is -0.457 e. The Kier molecular flexibility index (Phi) is 8.53. The van der Waals surface area contributed by atoms with Gasteiger partial charge in [-0.25, -0.2) is 9.37 Å². The summed E-state index contributed by atoms with van der Waals surface area (Å²) in [5.41, 5.74) is -1.91. The lowest BCUT2D eigenvalue weighted by molar-refractivity contribution is -0.202. The molecule has 5 nitrogen and oxygen atoms in total. The fraction of sp³-hybridized carbons (Fsp3) is 0.261. The summed E-state index contributed by atoms with van der Waals surface area (Å²) >= 11 is 0. The lowest BCUT2D eigenvalue weighted by Gasteiger charge is -2.24. The number of nitrogens with one attached hydrogen (secondary N) is 1. The summed E-state index contributed by atoms with van der Waals surface area (Å²) in [5.74, 6) is -1.69. The van der Waals surface area contributed by atoms with Crippen molar-refractivity contribution in [2.75, 3.05) is 6.54 Å². The zero-order valence-electron chi connectivity index (χ0n) is 18.3. The zero-order valence-corrected chi connectivity index (χ0v) is 18.3. The molecule has 2 aromatic carbocycles. The van der Waals surface area contributed by atoms with Crippen molar-refractivity contribution < 1.29 is 54.1 Å². The van der Waals surface area contributed by atoms with Gasteiger partial charge < -0.3 is 19.9 Å². The molecule has 0 aliphatic rings. The smallest absolute Gasteiger partial charge is 0.416 e. The highest BCUT2D eigenvalue weighted by Crippen LogP contribution is 2.35. The van der Waals surface area contributed by atoms with Crippen molar-refractivity contribution in [1.29, 1.82) is 0 Å². The van der Waals surface area contributed by atoms with Crippen molar-refractivity contribution >= 4 is 0 Å². The molecule has 0 amide bonds. The maximum Gasteiger partial charge on any atom is 0.416 e. The number of hydrogen-bond donors (Lipinski definition) is 2. The molecule has 1 heterocycles. The molecule has 2 unspecified atom stereocenters. The first-order chi connectivity index (χ1) is 17.2. The number of nitrogens with zero attached hydrogens (tertiary/aromatic N) is 1. The first-order valence-corrected chi connectivity index (χ1v) is 10.3. The largest absolute Gasteiger partial charge is 0.457 e. The average Bonchev–Trinajstić information content (AvgIpc) is 2.79. The van der Waals surface area contributed by atoms with Crippen molar-refractivity contribution in [1.82, 2.24) is 10.3 Å². The van der Waals surface area contributed by atoms with Crippen LogP contribution in [0.5, 0.6) is 17.4 Å². The predicted molar refractivity (Wildman–Crippen MR) is 111 cm³/mol. The highest BCUT2D eigenvalue weighted by molar-refractivity contribution is 5.41. The number of halogens is 9. The second-order valence-electron chi connectivity index (χ2n) is 7.52. The molecule has 1 aromatic heterocycles. The number of hydrogen-bond acceptors (Lipinski definition) is 5. The standard InChI is InChI=1S/C23H17F9N2O3/c24-17-5-4-13(22(27,28)29)9-16(17)20(34-11-18(35)23(30,31)32)12-2-1-3-14(8-12)36-15-6-7-33-19(10-15)37-21(25)26/h1-10,18,20-21,34-35H,11H2. The van der Waals surface area contributed by atoms with Crippen LogP contribution in [0.4, 0.5) is 39.5 Å². The van der Waals surface area contributed by atoms with Crippen LogP contribution in [-0.4, -0.2) is 35.5 Å². The molecule has 14 heteroatoms. The van der Waals surface area contributed by atoms with Crippen LogP contribution in [0.2, 0.25) is 0 Å².